The van der Waals surface area contributed by atoms with Crippen molar-refractivity contribution in [3.05, 3.63) is 131 Å². The van der Waals surface area contributed by atoms with Crippen molar-refractivity contribution in [2.75, 3.05) is 0 Å². The summed E-state index contributed by atoms with van der Waals surface area (Å²) in [5, 5.41) is 2.51. The van der Waals surface area contributed by atoms with Gasteiger partial charge in [-0.15, -0.1) is 0 Å². The van der Waals surface area contributed by atoms with E-state index in [1.165, 1.54) is 44.2 Å². The second kappa shape index (κ2) is 8.32. The summed E-state index contributed by atoms with van der Waals surface area (Å²) in [6, 6.07) is 32.3. The molecule has 142 valence electrons. The highest BCUT2D eigenvalue weighted by Gasteiger charge is 2.07. The van der Waals surface area contributed by atoms with Crippen molar-refractivity contribution in [1.82, 2.24) is 0 Å². The Morgan fingerprint density at radius 1 is 0.793 bits per heavy atom. The number of benzene rings is 4. The maximum absolute atomic E-state index is 4.34. The molecule has 0 spiro atoms. The summed E-state index contributed by atoms with van der Waals surface area (Å²) in [6.07, 6.45) is 3.16. The van der Waals surface area contributed by atoms with Crippen LogP contribution in [0.4, 0.5) is 0 Å². The summed E-state index contributed by atoms with van der Waals surface area (Å²) in [6.45, 7) is 8.75. The number of rotatable bonds is 5. The number of hydrogen-bond donors (Lipinski definition) is 0. The molecular weight excluding hydrogens is 348 g/mol. The molecule has 0 unspecified atom stereocenters. The van der Waals surface area contributed by atoms with Gasteiger partial charge in [0.05, 0.1) is 0 Å². The van der Waals surface area contributed by atoms with E-state index in [2.05, 4.69) is 117 Å². The van der Waals surface area contributed by atoms with Crippen LogP contribution in [0.15, 0.2) is 104 Å². The highest BCUT2D eigenvalue weighted by atomic mass is 14.1. The van der Waals surface area contributed by atoms with Crippen molar-refractivity contribution in [2.45, 2.75) is 20.3 Å². The SMILES string of the molecule is C=C(/C=C(\C)c1cccc(Cc2ccccc2)c1C)c1ccc2ccccc2c1. The van der Waals surface area contributed by atoms with Gasteiger partial charge in [0.15, 0.2) is 0 Å². The minimum Gasteiger partial charge on any atom is -0.0911 e. The third-order valence-corrected chi connectivity index (χ3v) is 5.62. The Kier molecular flexibility index (Phi) is 5.44. The lowest BCUT2D eigenvalue weighted by Crippen LogP contribution is -1.96. The summed E-state index contributed by atoms with van der Waals surface area (Å²) in [5.41, 5.74) is 8.81. The molecule has 0 fully saturated rings. The quantitative estimate of drug-likeness (QED) is 0.312. The zero-order chi connectivity index (χ0) is 20.2. The molecule has 29 heavy (non-hydrogen) atoms. The van der Waals surface area contributed by atoms with E-state index in [0.717, 1.165) is 12.0 Å². The van der Waals surface area contributed by atoms with Gasteiger partial charge in [-0.3, -0.25) is 0 Å². The third kappa shape index (κ3) is 4.22. The predicted octanol–water partition coefficient (Wildman–Crippen LogP) is 7.86. The maximum atomic E-state index is 4.34. The van der Waals surface area contributed by atoms with Crippen LogP contribution in [0.3, 0.4) is 0 Å². The van der Waals surface area contributed by atoms with Crippen molar-refractivity contribution < 1.29 is 0 Å². The van der Waals surface area contributed by atoms with E-state index in [-0.39, 0.29) is 0 Å². The Balaban J connectivity index is 1.62. The Bertz CT molecular complexity index is 1190. The molecule has 0 radical (unpaired) electrons. The van der Waals surface area contributed by atoms with Crippen molar-refractivity contribution in [2.24, 2.45) is 0 Å². The second-order valence-electron chi connectivity index (χ2n) is 7.67. The molecule has 0 heterocycles. The molecular formula is C29H26. The smallest absolute Gasteiger partial charge is 0.00229 e. The summed E-state index contributed by atoms with van der Waals surface area (Å²) in [5.74, 6) is 0. The monoisotopic (exact) mass is 374 g/mol. The largest absolute Gasteiger partial charge is 0.0911 e. The highest BCUT2D eigenvalue weighted by Crippen LogP contribution is 2.27. The topological polar surface area (TPSA) is 0 Å². The van der Waals surface area contributed by atoms with Crippen LogP contribution in [0.5, 0.6) is 0 Å². The molecule has 0 atom stereocenters. The lowest BCUT2D eigenvalue weighted by atomic mass is 9.92. The van der Waals surface area contributed by atoms with Crippen molar-refractivity contribution in [3.63, 3.8) is 0 Å². The molecule has 0 bridgehead atoms. The van der Waals surface area contributed by atoms with Crippen LogP contribution in [-0.4, -0.2) is 0 Å². The van der Waals surface area contributed by atoms with Crippen molar-refractivity contribution in [1.29, 1.82) is 0 Å². The van der Waals surface area contributed by atoms with Gasteiger partial charge < -0.3 is 0 Å². The van der Waals surface area contributed by atoms with Crippen LogP contribution < -0.4 is 0 Å². The van der Waals surface area contributed by atoms with Gasteiger partial charge in [0.1, 0.15) is 0 Å². The zero-order valence-electron chi connectivity index (χ0n) is 17.2. The van der Waals surface area contributed by atoms with Gasteiger partial charge in [0.2, 0.25) is 0 Å². The van der Waals surface area contributed by atoms with Gasteiger partial charge in [0.25, 0.3) is 0 Å². The van der Waals surface area contributed by atoms with Gasteiger partial charge in [-0.1, -0.05) is 97.6 Å². The fourth-order valence-corrected chi connectivity index (χ4v) is 3.93. The highest BCUT2D eigenvalue weighted by molar-refractivity contribution is 5.89. The van der Waals surface area contributed by atoms with Gasteiger partial charge >= 0.3 is 0 Å². The summed E-state index contributed by atoms with van der Waals surface area (Å²) < 4.78 is 0. The maximum Gasteiger partial charge on any atom is -0.00229 e. The summed E-state index contributed by atoms with van der Waals surface area (Å²) in [7, 11) is 0. The van der Waals surface area contributed by atoms with Crippen LogP contribution in [-0.2, 0) is 6.42 Å². The molecule has 0 aliphatic heterocycles. The fourth-order valence-electron chi connectivity index (χ4n) is 3.93. The third-order valence-electron chi connectivity index (χ3n) is 5.62. The molecule has 0 saturated carbocycles. The first-order chi connectivity index (χ1) is 14.1. The Labute approximate surface area is 173 Å². The van der Waals surface area contributed by atoms with Crippen LogP contribution in [0.25, 0.3) is 21.9 Å². The fraction of sp³-hybridized carbons (Fsp3) is 0.103. The minimum atomic E-state index is 0.958. The van der Waals surface area contributed by atoms with E-state index in [0.29, 0.717) is 0 Å². The molecule has 0 aliphatic rings. The molecule has 4 aromatic rings. The standard InChI is InChI=1S/C29H26/c1-21(26-17-16-25-12-7-8-13-28(25)20-26)18-22(2)29-15-9-14-27(23(29)3)19-24-10-5-4-6-11-24/h4-18,20H,1,19H2,2-3H3/b22-18+. The van der Waals surface area contributed by atoms with Gasteiger partial charge in [-0.25, -0.2) is 0 Å². The molecule has 0 amide bonds. The van der Waals surface area contributed by atoms with Crippen molar-refractivity contribution >= 4 is 21.9 Å². The van der Waals surface area contributed by atoms with Gasteiger partial charge in [-0.05, 0) is 76.1 Å². The van der Waals surface area contributed by atoms with E-state index >= 15 is 0 Å². The zero-order valence-corrected chi connectivity index (χ0v) is 17.2. The van der Waals surface area contributed by atoms with Gasteiger partial charge in [0, 0.05) is 0 Å². The van der Waals surface area contributed by atoms with Crippen LogP contribution in [0.1, 0.15) is 34.7 Å². The summed E-state index contributed by atoms with van der Waals surface area (Å²) >= 11 is 0. The van der Waals surface area contributed by atoms with E-state index in [9.17, 15) is 0 Å². The van der Waals surface area contributed by atoms with E-state index in [1.807, 2.05) is 0 Å². The number of hydrogen-bond acceptors (Lipinski definition) is 0. The average Bonchev–Trinajstić information content (AvgIpc) is 2.75. The molecule has 4 rings (SSSR count). The second-order valence-corrected chi connectivity index (χ2v) is 7.67. The minimum absolute atomic E-state index is 0.958. The molecule has 0 saturated heterocycles. The van der Waals surface area contributed by atoms with E-state index in [4.69, 9.17) is 0 Å². The Morgan fingerprint density at radius 3 is 2.31 bits per heavy atom. The summed E-state index contributed by atoms with van der Waals surface area (Å²) in [4.78, 5) is 0. The van der Waals surface area contributed by atoms with Crippen LogP contribution in [0, 0.1) is 6.92 Å². The molecule has 0 aliphatic carbocycles. The average molecular weight is 375 g/mol. The molecule has 0 nitrogen and oxygen atoms in total. The lowest BCUT2D eigenvalue weighted by Gasteiger charge is -2.13. The Morgan fingerprint density at radius 2 is 1.52 bits per heavy atom. The van der Waals surface area contributed by atoms with Gasteiger partial charge in [-0.2, -0.15) is 0 Å². The first kappa shape index (κ1) is 19.0. The Hall–Kier alpha value is -3.38. The van der Waals surface area contributed by atoms with Crippen LogP contribution in [0.2, 0.25) is 0 Å². The lowest BCUT2D eigenvalue weighted by molar-refractivity contribution is 1.15. The molecule has 0 aromatic heterocycles. The number of fused-ring (bicyclic) bond motifs is 1. The first-order valence-corrected chi connectivity index (χ1v) is 10.1. The van der Waals surface area contributed by atoms with E-state index < -0.39 is 0 Å². The normalized spacial score (nSPS) is 11.6. The predicted molar refractivity (Wildman–Crippen MR) is 127 cm³/mol. The first-order valence-electron chi connectivity index (χ1n) is 10.1. The number of allylic oxidation sites excluding steroid dienone is 3. The molecule has 0 heteroatoms. The van der Waals surface area contributed by atoms with E-state index in [1.54, 1.807) is 0 Å². The van der Waals surface area contributed by atoms with Crippen LogP contribution >= 0.6 is 0 Å². The molecule has 0 N–H and O–H groups in total. The molecule has 4 aromatic carbocycles. The van der Waals surface area contributed by atoms with Crippen molar-refractivity contribution in [3.8, 4) is 0 Å².